The second kappa shape index (κ2) is 9.64. The molecule has 0 aliphatic carbocycles. The first kappa shape index (κ1) is 23.4. The van der Waals surface area contributed by atoms with E-state index in [2.05, 4.69) is 12.1 Å². The monoisotopic (exact) mass is 455 g/mol. The van der Waals surface area contributed by atoms with Crippen LogP contribution in [0.3, 0.4) is 0 Å². The van der Waals surface area contributed by atoms with E-state index >= 15 is 0 Å². The van der Waals surface area contributed by atoms with Crippen molar-refractivity contribution in [1.82, 2.24) is 4.90 Å². The molecule has 1 aliphatic rings. The average molecular weight is 456 g/mol. The van der Waals surface area contributed by atoms with Gasteiger partial charge in [-0.3, -0.25) is 9.59 Å². The number of ketones is 1. The van der Waals surface area contributed by atoms with Crippen molar-refractivity contribution >= 4 is 17.8 Å². The molecule has 1 aliphatic heterocycles. The van der Waals surface area contributed by atoms with Crippen molar-refractivity contribution in [2.45, 2.75) is 45.3 Å². The Morgan fingerprint density at radius 3 is 2.00 bits per heavy atom. The normalized spacial score (nSPS) is 18.1. The fraction of sp³-hybridized carbons (Fsp3) is 0.276. The van der Waals surface area contributed by atoms with Crippen molar-refractivity contribution in [1.29, 1.82) is 0 Å². The highest BCUT2D eigenvalue weighted by atomic mass is 16.6. The number of rotatable bonds is 5. The van der Waals surface area contributed by atoms with Crippen LogP contribution < -0.4 is 0 Å². The number of imide groups is 1. The van der Waals surface area contributed by atoms with Gasteiger partial charge in [-0.1, -0.05) is 84.9 Å². The summed E-state index contributed by atoms with van der Waals surface area (Å²) in [6, 6.07) is 26.4. The fourth-order valence-corrected chi connectivity index (χ4v) is 4.31. The number of Topliss-reactive ketones (excluding diaryl/α,β-unsaturated/α-hetero) is 1. The first-order valence-electron chi connectivity index (χ1n) is 11.5. The predicted octanol–water partition coefficient (Wildman–Crippen LogP) is 5.93. The third-order valence-electron chi connectivity index (χ3n) is 5.91. The Bertz CT molecular complexity index is 1160. The van der Waals surface area contributed by atoms with E-state index in [-0.39, 0.29) is 12.2 Å². The highest BCUT2D eigenvalue weighted by molar-refractivity contribution is 6.14. The second-order valence-corrected chi connectivity index (χ2v) is 9.63. The predicted molar refractivity (Wildman–Crippen MR) is 131 cm³/mol. The summed E-state index contributed by atoms with van der Waals surface area (Å²) < 4.78 is 5.53. The van der Waals surface area contributed by atoms with E-state index < -0.39 is 29.6 Å². The summed E-state index contributed by atoms with van der Waals surface area (Å²) in [4.78, 5) is 40.5. The van der Waals surface area contributed by atoms with Crippen LogP contribution >= 0.6 is 0 Å². The third-order valence-corrected chi connectivity index (χ3v) is 5.91. The van der Waals surface area contributed by atoms with Gasteiger partial charge < -0.3 is 4.74 Å². The molecular formula is C29H29NO4. The van der Waals surface area contributed by atoms with Gasteiger partial charge in [0.15, 0.2) is 5.78 Å². The Hall–Kier alpha value is -3.73. The van der Waals surface area contributed by atoms with Crippen molar-refractivity contribution in [2.75, 3.05) is 0 Å². The highest BCUT2D eigenvalue weighted by Crippen LogP contribution is 2.32. The number of carbonyl (C=O) groups excluding carboxylic acids is 3. The molecule has 1 fully saturated rings. The lowest BCUT2D eigenvalue weighted by Crippen LogP contribution is -2.44. The largest absolute Gasteiger partial charge is 0.443 e. The van der Waals surface area contributed by atoms with Crippen LogP contribution in [0.15, 0.2) is 84.9 Å². The first-order chi connectivity index (χ1) is 16.2. The van der Waals surface area contributed by atoms with E-state index in [9.17, 15) is 14.4 Å². The van der Waals surface area contributed by atoms with Gasteiger partial charge in [-0.05, 0) is 50.3 Å². The minimum absolute atomic E-state index is 0.263. The molecule has 0 aromatic heterocycles. The number of likely N-dealkylation sites (tertiary alicyclic amines) is 1. The molecule has 4 rings (SSSR count). The number of benzene rings is 3. The maximum atomic E-state index is 13.3. The topological polar surface area (TPSA) is 63.7 Å². The quantitative estimate of drug-likeness (QED) is 0.353. The molecule has 1 saturated heterocycles. The van der Waals surface area contributed by atoms with Gasteiger partial charge >= 0.3 is 6.09 Å². The number of ether oxygens (including phenoxy) is 1. The molecule has 2 amide bonds. The molecule has 0 radical (unpaired) electrons. The number of hydrogen-bond donors (Lipinski definition) is 0. The molecule has 3 aromatic rings. The first-order valence-corrected chi connectivity index (χ1v) is 11.5. The van der Waals surface area contributed by atoms with Gasteiger partial charge in [-0.15, -0.1) is 0 Å². The van der Waals surface area contributed by atoms with Gasteiger partial charge in [-0.2, -0.15) is 0 Å². The molecule has 1 heterocycles. The molecule has 0 saturated carbocycles. The maximum Gasteiger partial charge on any atom is 0.417 e. The van der Waals surface area contributed by atoms with Crippen LogP contribution in [-0.2, 0) is 16.0 Å². The van der Waals surface area contributed by atoms with Gasteiger partial charge in [0.2, 0.25) is 5.91 Å². The Morgan fingerprint density at radius 2 is 1.41 bits per heavy atom. The van der Waals surface area contributed by atoms with Gasteiger partial charge in [0.05, 0.1) is 0 Å². The minimum Gasteiger partial charge on any atom is -0.443 e. The van der Waals surface area contributed by atoms with E-state index in [0.29, 0.717) is 12.0 Å². The van der Waals surface area contributed by atoms with Gasteiger partial charge in [-0.25, -0.2) is 9.69 Å². The smallest absolute Gasteiger partial charge is 0.417 e. The summed E-state index contributed by atoms with van der Waals surface area (Å²) in [6.45, 7) is 5.28. The fourth-order valence-electron chi connectivity index (χ4n) is 4.31. The van der Waals surface area contributed by atoms with Crippen molar-refractivity contribution < 1.29 is 19.1 Å². The zero-order chi connectivity index (χ0) is 24.3. The lowest BCUT2D eigenvalue weighted by atomic mass is 9.92. The zero-order valence-corrected chi connectivity index (χ0v) is 19.7. The molecule has 174 valence electrons. The lowest BCUT2D eigenvalue weighted by molar-refractivity contribution is -0.130. The van der Waals surface area contributed by atoms with Crippen molar-refractivity contribution in [3.8, 4) is 11.1 Å². The number of amides is 2. The lowest BCUT2D eigenvalue weighted by Gasteiger charge is -2.27. The van der Waals surface area contributed by atoms with Gasteiger partial charge in [0.1, 0.15) is 11.5 Å². The van der Waals surface area contributed by atoms with E-state index in [0.717, 1.165) is 21.6 Å². The molecule has 1 unspecified atom stereocenters. The number of nitrogens with zero attached hydrogens (tertiary/aromatic N) is 1. The summed E-state index contributed by atoms with van der Waals surface area (Å²) in [5.74, 6) is -1.65. The molecule has 2 atom stereocenters. The molecule has 5 heteroatoms. The molecular weight excluding hydrogens is 426 g/mol. The molecule has 3 aromatic carbocycles. The SMILES string of the molecule is CC(C)(C)OC(=O)N1C(=O)C(C(=O)c2ccccc2)C[C@H]1Cc1ccc(-c2ccccc2)cc1. The zero-order valence-electron chi connectivity index (χ0n) is 19.7. The Kier molecular flexibility index (Phi) is 6.64. The molecule has 0 spiro atoms. The van der Waals surface area contributed by atoms with E-state index in [1.165, 1.54) is 0 Å². The van der Waals surface area contributed by atoms with E-state index in [1.54, 1.807) is 45.0 Å². The summed E-state index contributed by atoms with van der Waals surface area (Å²) in [5.41, 5.74) is 2.92. The van der Waals surface area contributed by atoms with E-state index in [1.807, 2.05) is 48.5 Å². The van der Waals surface area contributed by atoms with Crippen LogP contribution in [-0.4, -0.2) is 34.3 Å². The van der Waals surface area contributed by atoms with Crippen molar-refractivity contribution in [2.24, 2.45) is 5.92 Å². The maximum absolute atomic E-state index is 13.3. The summed E-state index contributed by atoms with van der Waals surface area (Å²) >= 11 is 0. The molecule has 34 heavy (non-hydrogen) atoms. The van der Waals surface area contributed by atoms with E-state index in [4.69, 9.17) is 4.74 Å². The van der Waals surface area contributed by atoms with Crippen LogP contribution in [0.5, 0.6) is 0 Å². The summed E-state index contributed by atoms with van der Waals surface area (Å²) in [7, 11) is 0. The van der Waals surface area contributed by atoms with Crippen LogP contribution in [0.1, 0.15) is 43.1 Å². The Labute approximate surface area is 200 Å². The molecule has 0 bridgehead atoms. The van der Waals surface area contributed by atoms with Crippen LogP contribution in [0.25, 0.3) is 11.1 Å². The Morgan fingerprint density at radius 1 is 0.853 bits per heavy atom. The van der Waals surface area contributed by atoms with Gasteiger partial charge in [0, 0.05) is 11.6 Å². The third kappa shape index (κ3) is 5.25. The Balaban J connectivity index is 1.58. The molecule has 5 nitrogen and oxygen atoms in total. The number of hydrogen-bond acceptors (Lipinski definition) is 4. The van der Waals surface area contributed by atoms with Crippen LogP contribution in [0.4, 0.5) is 4.79 Å². The molecule has 0 N–H and O–H groups in total. The minimum atomic E-state index is -0.900. The van der Waals surface area contributed by atoms with Crippen LogP contribution in [0.2, 0.25) is 0 Å². The summed E-state index contributed by atoms with van der Waals surface area (Å²) in [5, 5.41) is 0. The van der Waals surface area contributed by atoms with Crippen molar-refractivity contribution in [3.05, 3.63) is 96.1 Å². The highest BCUT2D eigenvalue weighted by Gasteiger charge is 2.47. The van der Waals surface area contributed by atoms with Gasteiger partial charge in [0.25, 0.3) is 0 Å². The number of carbonyl (C=O) groups is 3. The summed E-state index contributed by atoms with van der Waals surface area (Å²) in [6.07, 6.45) is 0.0250. The van der Waals surface area contributed by atoms with Crippen molar-refractivity contribution in [3.63, 3.8) is 0 Å². The standard InChI is InChI=1S/C29H29NO4/c1-29(2,3)34-28(33)30-24(19-25(27(30)32)26(31)23-12-8-5-9-13-23)18-20-14-16-22(17-15-20)21-10-6-4-7-11-21/h4-17,24-25H,18-19H2,1-3H3/t24-,25?/m1/s1. The second-order valence-electron chi connectivity index (χ2n) is 9.63. The average Bonchev–Trinajstić information content (AvgIpc) is 3.14. The van der Waals surface area contributed by atoms with Crippen LogP contribution in [0, 0.1) is 5.92 Å².